The van der Waals surface area contributed by atoms with Gasteiger partial charge in [-0.3, -0.25) is 19.2 Å². The SMILES string of the molecule is C[C@]12CCC(=O)CC1=CCC1C2[C@@H](O)C[C@@]2(C)C1CCC2(O)C(=O)COC(=O)CCC(=O)O. The van der Waals surface area contributed by atoms with Crippen LogP contribution in [-0.2, 0) is 23.9 Å². The first-order valence-electron chi connectivity index (χ1n) is 11.9. The van der Waals surface area contributed by atoms with Crippen LogP contribution in [0.1, 0.15) is 71.6 Å². The molecule has 3 saturated carbocycles. The van der Waals surface area contributed by atoms with Gasteiger partial charge in [0.1, 0.15) is 11.4 Å². The van der Waals surface area contributed by atoms with Crippen LogP contribution in [0.3, 0.4) is 0 Å². The van der Waals surface area contributed by atoms with Crippen molar-refractivity contribution in [2.75, 3.05) is 6.61 Å². The standard InChI is InChI=1S/C25H34O8/c1-23-9-7-15(26)11-14(23)3-4-16-17-8-10-25(32,24(17,2)12-18(27)22(16)23)19(28)13-33-21(31)6-5-20(29)30/h3,16-18,22,27,32H,4-13H2,1-2H3,(H,29,30)/t16?,17?,18-,22?,23-,24-,25?/m0/s1. The first-order valence-corrected chi connectivity index (χ1v) is 11.9. The van der Waals surface area contributed by atoms with E-state index in [4.69, 9.17) is 9.84 Å². The molecule has 0 radical (unpaired) electrons. The monoisotopic (exact) mass is 462 g/mol. The molecule has 0 aromatic rings. The molecular formula is C25H34O8. The summed E-state index contributed by atoms with van der Waals surface area (Å²) in [5.41, 5.74) is -1.70. The first-order chi connectivity index (χ1) is 15.4. The molecule has 0 aliphatic heterocycles. The fourth-order valence-electron chi connectivity index (χ4n) is 7.62. The molecule has 8 nitrogen and oxygen atoms in total. The van der Waals surface area contributed by atoms with Gasteiger partial charge in [0, 0.05) is 18.3 Å². The summed E-state index contributed by atoms with van der Waals surface area (Å²) in [5, 5.41) is 31.6. The third-order valence-electron chi connectivity index (χ3n) is 9.39. The maximum Gasteiger partial charge on any atom is 0.306 e. The number of carboxylic acid groups (broad SMARTS) is 1. The Morgan fingerprint density at radius 1 is 1.18 bits per heavy atom. The Balaban J connectivity index is 1.53. The number of carbonyl (C=O) groups is 4. The number of allylic oxidation sites excluding steroid dienone is 2. The van der Waals surface area contributed by atoms with Crippen LogP contribution in [-0.4, -0.2) is 57.1 Å². The van der Waals surface area contributed by atoms with Crippen LogP contribution < -0.4 is 0 Å². The van der Waals surface area contributed by atoms with E-state index in [1.54, 1.807) is 0 Å². The summed E-state index contributed by atoms with van der Waals surface area (Å²) in [7, 11) is 0. The number of ketones is 2. The summed E-state index contributed by atoms with van der Waals surface area (Å²) in [5.74, 6) is -2.17. The molecule has 0 bridgehead atoms. The fourth-order valence-corrected chi connectivity index (χ4v) is 7.62. The maximum atomic E-state index is 13.1. The van der Waals surface area contributed by atoms with E-state index in [2.05, 4.69) is 13.0 Å². The van der Waals surface area contributed by atoms with Gasteiger partial charge in [-0.15, -0.1) is 0 Å². The highest BCUT2D eigenvalue weighted by molar-refractivity contribution is 5.91. The fraction of sp³-hybridized carbons (Fsp3) is 0.760. The highest BCUT2D eigenvalue weighted by Crippen LogP contribution is 2.67. The largest absolute Gasteiger partial charge is 0.481 e. The molecule has 4 aliphatic carbocycles. The Morgan fingerprint density at radius 2 is 1.91 bits per heavy atom. The van der Waals surface area contributed by atoms with E-state index in [1.165, 1.54) is 0 Å². The minimum atomic E-state index is -1.72. The molecule has 0 aromatic heterocycles. The van der Waals surface area contributed by atoms with Gasteiger partial charge in [0.15, 0.2) is 6.61 Å². The predicted octanol–water partition coefficient (Wildman–Crippen LogP) is 2.20. The van der Waals surface area contributed by atoms with Gasteiger partial charge in [0.25, 0.3) is 0 Å². The van der Waals surface area contributed by atoms with Crippen LogP contribution in [0.5, 0.6) is 0 Å². The second-order valence-electron chi connectivity index (χ2n) is 11.0. The predicted molar refractivity (Wildman–Crippen MR) is 116 cm³/mol. The summed E-state index contributed by atoms with van der Waals surface area (Å²) in [6.07, 6.45) is 4.26. The van der Waals surface area contributed by atoms with Gasteiger partial charge >= 0.3 is 11.9 Å². The van der Waals surface area contributed by atoms with E-state index in [0.717, 1.165) is 12.0 Å². The Kier molecular flexibility index (Phi) is 6.06. The van der Waals surface area contributed by atoms with Crippen LogP contribution in [0.15, 0.2) is 11.6 Å². The van der Waals surface area contributed by atoms with Crippen molar-refractivity contribution in [1.29, 1.82) is 0 Å². The van der Waals surface area contributed by atoms with Gasteiger partial charge in [-0.25, -0.2) is 0 Å². The zero-order valence-corrected chi connectivity index (χ0v) is 19.3. The average Bonchev–Trinajstić information content (AvgIpc) is 3.02. The summed E-state index contributed by atoms with van der Waals surface area (Å²) in [6, 6.07) is 0. The average molecular weight is 463 g/mol. The number of esters is 1. The smallest absolute Gasteiger partial charge is 0.306 e. The summed E-state index contributed by atoms with van der Waals surface area (Å²) in [6.45, 7) is 3.41. The van der Waals surface area contributed by atoms with Gasteiger partial charge in [-0.1, -0.05) is 25.5 Å². The third kappa shape index (κ3) is 3.75. The minimum Gasteiger partial charge on any atom is -0.481 e. The van der Waals surface area contributed by atoms with Crippen molar-refractivity contribution in [3.8, 4) is 0 Å². The summed E-state index contributed by atoms with van der Waals surface area (Å²) < 4.78 is 4.97. The zero-order chi connectivity index (χ0) is 24.2. The second kappa shape index (κ2) is 8.31. The molecule has 4 unspecified atom stereocenters. The van der Waals surface area contributed by atoms with Crippen molar-refractivity contribution in [2.24, 2.45) is 28.6 Å². The van der Waals surface area contributed by atoms with Crippen molar-refractivity contribution in [3.63, 3.8) is 0 Å². The second-order valence-corrected chi connectivity index (χ2v) is 11.0. The molecule has 0 saturated heterocycles. The van der Waals surface area contributed by atoms with Crippen LogP contribution in [0.25, 0.3) is 0 Å². The van der Waals surface area contributed by atoms with Crippen molar-refractivity contribution in [2.45, 2.75) is 83.3 Å². The molecule has 0 heterocycles. The number of ether oxygens (including phenoxy) is 1. The molecule has 7 atom stereocenters. The zero-order valence-electron chi connectivity index (χ0n) is 19.3. The lowest BCUT2D eigenvalue weighted by atomic mass is 9.46. The molecule has 0 aromatic carbocycles. The summed E-state index contributed by atoms with van der Waals surface area (Å²) >= 11 is 0. The van der Waals surface area contributed by atoms with Gasteiger partial charge < -0.3 is 20.1 Å². The molecule has 0 spiro atoms. The highest BCUT2D eigenvalue weighted by Gasteiger charge is 2.68. The van der Waals surface area contributed by atoms with Crippen molar-refractivity contribution < 1.29 is 39.2 Å². The number of Topliss-reactive ketones (excluding diaryl/α,β-unsaturated/α-hetero) is 2. The van der Waals surface area contributed by atoms with E-state index in [9.17, 15) is 29.4 Å². The molecule has 0 amide bonds. The molecule has 3 N–H and O–H groups in total. The Hall–Kier alpha value is -2.06. The lowest BCUT2D eigenvalue weighted by molar-refractivity contribution is -0.182. The summed E-state index contributed by atoms with van der Waals surface area (Å²) in [4.78, 5) is 47.5. The number of carboxylic acids is 1. The molecular weight excluding hydrogens is 428 g/mol. The number of fused-ring (bicyclic) bond motifs is 5. The highest BCUT2D eigenvalue weighted by atomic mass is 16.5. The number of hydrogen-bond acceptors (Lipinski definition) is 7. The number of carbonyl (C=O) groups excluding carboxylic acids is 3. The van der Waals surface area contributed by atoms with Gasteiger partial charge in [0.05, 0.1) is 18.9 Å². The number of aliphatic hydroxyl groups is 2. The first kappa shape index (κ1) is 24.1. The maximum absolute atomic E-state index is 13.1. The van der Waals surface area contributed by atoms with E-state index in [-0.39, 0.29) is 54.6 Å². The van der Waals surface area contributed by atoms with Gasteiger partial charge in [-0.05, 0) is 55.3 Å². The number of aliphatic carboxylic acids is 1. The molecule has 4 rings (SSSR count). The van der Waals surface area contributed by atoms with Crippen LogP contribution in [0.4, 0.5) is 0 Å². The molecule has 8 heteroatoms. The Labute approximate surface area is 193 Å². The molecule has 33 heavy (non-hydrogen) atoms. The van der Waals surface area contributed by atoms with E-state index >= 15 is 0 Å². The van der Waals surface area contributed by atoms with Crippen LogP contribution in [0.2, 0.25) is 0 Å². The number of rotatable bonds is 6. The minimum absolute atomic E-state index is 0.0185. The van der Waals surface area contributed by atoms with E-state index in [1.807, 2.05) is 6.92 Å². The van der Waals surface area contributed by atoms with Crippen LogP contribution in [0, 0.1) is 28.6 Å². The third-order valence-corrected chi connectivity index (χ3v) is 9.39. The lowest BCUT2D eigenvalue weighted by Gasteiger charge is -2.59. The van der Waals surface area contributed by atoms with Gasteiger partial charge in [-0.2, -0.15) is 0 Å². The number of aliphatic hydroxyl groups excluding tert-OH is 1. The van der Waals surface area contributed by atoms with Gasteiger partial charge in [0.2, 0.25) is 5.78 Å². The topological polar surface area (TPSA) is 138 Å². The number of hydrogen-bond donors (Lipinski definition) is 3. The van der Waals surface area contributed by atoms with Crippen molar-refractivity contribution in [3.05, 3.63) is 11.6 Å². The molecule has 3 fully saturated rings. The van der Waals surface area contributed by atoms with E-state index in [0.29, 0.717) is 25.7 Å². The normalized spacial score (nSPS) is 41.9. The molecule has 182 valence electrons. The molecule has 4 aliphatic rings. The van der Waals surface area contributed by atoms with E-state index < -0.39 is 41.4 Å². The van der Waals surface area contributed by atoms with Crippen molar-refractivity contribution in [1.82, 2.24) is 0 Å². The van der Waals surface area contributed by atoms with Crippen molar-refractivity contribution >= 4 is 23.5 Å². The quantitative estimate of drug-likeness (QED) is 0.403. The van der Waals surface area contributed by atoms with Crippen LogP contribution >= 0.6 is 0 Å². The lowest BCUT2D eigenvalue weighted by Crippen LogP contribution is -2.61. The Bertz CT molecular complexity index is 908. The Morgan fingerprint density at radius 3 is 2.61 bits per heavy atom.